The van der Waals surface area contributed by atoms with E-state index in [1.54, 1.807) is 0 Å². The highest BCUT2D eigenvalue weighted by atomic mass is 79.9. The highest BCUT2D eigenvalue weighted by Crippen LogP contribution is 2.32. The molecule has 108 valence electrons. The minimum absolute atomic E-state index is 0.117. The number of hydrogen-bond acceptors (Lipinski definition) is 3. The topological polar surface area (TPSA) is 55.9 Å². The summed E-state index contributed by atoms with van der Waals surface area (Å²) in [5.74, 6) is 5.80. The van der Waals surface area contributed by atoms with Crippen LogP contribution in [0.25, 0.3) is 0 Å². The van der Waals surface area contributed by atoms with Gasteiger partial charge in [0, 0.05) is 11.0 Å². The molecule has 1 atom stereocenters. The summed E-state index contributed by atoms with van der Waals surface area (Å²) in [6.45, 7) is 5.06. The number of halogens is 2. The van der Waals surface area contributed by atoms with E-state index in [0.29, 0.717) is 0 Å². The van der Waals surface area contributed by atoms with Crippen LogP contribution in [-0.2, 0) is 6.54 Å². The molecule has 0 saturated carbocycles. The molecule has 1 aromatic carbocycles. The van der Waals surface area contributed by atoms with E-state index < -0.39 is 0 Å². The molecule has 1 heterocycles. The van der Waals surface area contributed by atoms with Gasteiger partial charge < -0.3 is 0 Å². The lowest BCUT2D eigenvalue weighted by atomic mass is 10.0. The molecule has 0 aliphatic heterocycles. The molecule has 0 radical (unpaired) electrons. The van der Waals surface area contributed by atoms with Gasteiger partial charge in [-0.05, 0) is 46.5 Å². The average molecular weight is 402 g/mol. The summed E-state index contributed by atoms with van der Waals surface area (Å²) in [6, 6.07) is 6.14. The summed E-state index contributed by atoms with van der Waals surface area (Å²) < 4.78 is 3.99. The predicted octanol–water partition coefficient (Wildman–Crippen LogP) is 3.68. The van der Waals surface area contributed by atoms with Gasteiger partial charge in [-0.2, -0.15) is 5.10 Å². The first kappa shape index (κ1) is 15.7. The molecule has 0 fully saturated rings. The van der Waals surface area contributed by atoms with Crippen LogP contribution in [0.4, 0.5) is 0 Å². The van der Waals surface area contributed by atoms with E-state index in [4.69, 9.17) is 5.84 Å². The Morgan fingerprint density at radius 2 is 2.10 bits per heavy atom. The minimum Gasteiger partial charge on any atom is -0.271 e. The third kappa shape index (κ3) is 3.14. The Kier molecular flexibility index (Phi) is 5.37. The maximum atomic E-state index is 5.80. The fourth-order valence-electron chi connectivity index (χ4n) is 2.23. The van der Waals surface area contributed by atoms with E-state index in [-0.39, 0.29) is 6.04 Å². The van der Waals surface area contributed by atoms with Crippen LogP contribution in [0, 0.1) is 6.92 Å². The summed E-state index contributed by atoms with van der Waals surface area (Å²) in [5.41, 5.74) is 6.24. The van der Waals surface area contributed by atoms with Crippen molar-refractivity contribution in [1.29, 1.82) is 0 Å². The Labute approximate surface area is 136 Å². The van der Waals surface area contributed by atoms with E-state index in [9.17, 15) is 0 Å². The summed E-state index contributed by atoms with van der Waals surface area (Å²) in [6.07, 6.45) is 2.84. The van der Waals surface area contributed by atoms with Crippen LogP contribution < -0.4 is 11.3 Å². The van der Waals surface area contributed by atoms with Gasteiger partial charge >= 0.3 is 0 Å². The van der Waals surface area contributed by atoms with E-state index in [1.165, 1.54) is 5.56 Å². The van der Waals surface area contributed by atoms with Gasteiger partial charge in [0.15, 0.2) is 0 Å². The maximum Gasteiger partial charge on any atom is 0.0900 e. The third-order valence-corrected chi connectivity index (χ3v) is 4.47. The lowest BCUT2D eigenvalue weighted by Gasteiger charge is -2.20. The average Bonchev–Trinajstić information content (AvgIpc) is 2.75. The molecule has 0 aliphatic carbocycles. The van der Waals surface area contributed by atoms with Crippen LogP contribution in [0.1, 0.15) is 36.2 Å². The SMILES string of the molecule is CCCn1ncc(Br)c1C(NN)c1ccc(C)cc1Br. The van der Waals surface area contributed by atoms with Crippen molar-refractivity contribution in [2.24, 2.45) is 5.84 Å². The highest BCUT2D eigenvalue weighted by molar-refractivity contribution is 9.10. The monoisotopic (exact) mass is 400 g/mol. The molecule has 0 bridgehead atoms. The van der Waals surface area contributed by atoms with Gasteiger partial charge in [0.1, 0.15) is 0 Å². The van der Waals surface area contributed by atoms with Crippen molar-refractivity contribution in [3.05, 3.63) is 50.2 Å². The van der Waals surface area contributed by atoms with Crippen LogP contribution >= 0.6 is 31.9 Å². The normalized spacial score (nSPS) is 12.7. The first-order valence-electron chi connectivity index (χ1n) is 6.51. The lowest BCUT2D eigenvalue weighted by molar-refractivity contribution is 0.518. The number of hydrogen-bond donors (Lipinski definition) is 2. The summed E-state index contributed by atoms with van der Waals surface area (Å²) in [5, 5.41) is 4.41. The third-order valence-electron chi connectivity index (χ3n) is 3.18. The number of aromatic nitrogens is 2. The molecule has 0 spiro atoms. The molecule has 2 aromatic rings. The molecular formula is C14H18Br2N4. The Hall–Kier alpha value is -0.690. The van der Waals surface area contributed by atoms with E-state index in [1.807, 2.05) is 10.9 Å². The summed E-state index contributed by atoms with van der Waals surface area (Å²) >= 11 is 7.19. The fraction of sp³-hybridized carbons (Fsp3) is 0.357. The van der Waals surface area contributed by atoms with Crippen molar-refractivity contribution in [2.75, 3.05) is 0 Å². The first-order chi connectivity index (χ1) is 9.58. The molecule has 2 rings (SSSR count). The molecular weight excluding hydrogens is 384 g/mol. The number of aryl methyl sites for hydroxylation is 2. The van der Waals surface area contributed by atoms with Gasteiger partial charge in [-0.3, -0.25) is 10.5 Å². The van der Waals surface area contributed by atoms with Crippen LogP contribution in [0.3, 0.4) is 0 Å². The van der Waals surface area contributed by atoms with E-state index in [0.717, 1.165) is 33.2 Å². The second-order valence-corrected chi connectivity index (χ2v) is 6.43. The van der Waals surface area contributed by atoms with Gasteiger partial charge in [-0.15, -0.1) is 0 Å². The molecule has 0 amide bonds. The molecule has 20 heavy (non-hydrogen) atoms. The zero-order valence-electron chi connectivity index (χ0n) is 11.5. The zero-order valence-corrected chi connectivity index (χ0v) is 14.7. The van der Waals surface area contributed by atoms with Crippen LogP contribution in [0.5, 0.6) is 0 Å². The smallest absolute Gasteiger partial charge is 0.0900 e. The van der Waals surface area contributed by atoms with Crippen LogP contribution in [-0.4, -0.2) is 9.78 Å². The lowest BCUT2D eigenvalue weighted by Crippen LogP contribution is -2.31. The van der Waals surface area contributed by atoms with Crippen molar-refractivity contribution >= 4 is 31.9 Å². The molecule has 4 nitrogen and oxygen atoms in total. The molecule has 0 aliphatic rings. The Morgan fingerprint density at radius 1 is 1.35 bits per heavy atom. The Bertz CT molecular complexity index is 595. The van der Waals surface area contributed by atoms with Crippen molar-refractivity contribution < 1.29 is 0 Å². The van der Waals surface area contributed by atoms with Crippen molar-refractivity contribution in [3.63, 3.8) is 0 Å². The Morgan fingerprint density at radius 3 is 2.70 bits per heavy atom. The summed E-state index contributed by atoms with van der Waals surface area (Å²) in [4.78, 5) is 0. The van der Waals surface area contributed by atoms with Crippen molar-refractivity contribution in [3.8, 4) is 0 Å². The largest absolute Gasteiger partial charge is 0.271 e. The fourth-order valence-corrected chi connectivity index (χ4v) is 3.48. The summed E-state index contributed by atoms with van der Waals surface area (Å²) in [7, 11) is 0. The molecule has 0 saturated heterocycles. The number of nitrogens with two attached hydrogens (primary N) is 1. The van der Waals surface area contributed by atoms with Crippen molar-refractivity contribution in [2.45, 2.75) is 32.9 Å². The van der Waals surface area contributed by atoms with E-state index in [2.05, 4.69) is 74.4 Å². The highest BCUT2D eigenvalue weighted by Gasteiger charge is 2.22. The maximum absolute atomic E-state index is 5.80. The quantitative estimate of drug-likeness (QED) is 0.593. The number of rotatable bonds is 5. The van der Waals surface area contributed by atoms with Gasteiger partial charge in [0.05, 0.1) is 22.4 Å². The van der Waals surface area contributed by atoms with Gasteiger partial charge in [0.25, 0.3) is 0 Å². The number of nitrogens with zero attached hydrogens (tertiary/aromatic N) is 2. The Balaban J connectivity index is 2.49. The molecule has 1 aromatic heterocycles. The van der Waals surface area contributed by atoms with Crippen LogP contribution in [0.2, 0.25) is 0 Å². The number of hydrazine groups is 1. The minimum atomic E-state index is -0.117. The molecule has 3 N–H and O–H groups in total. The molecule has 1 unspecified atom stereocenters. The van der Waals surface area contributed by atoms with Gasteiger partial charge in [0.2, 0.25) is 0 Å². The second-order valence-electron chi connectivity index (χ2n) is 4.73. The van der Waals surface area contributed by atoms with Crippen molar-refractivity contribution in [1.82, 2.24) is 15.2 Å². The first-order valence-corrected chi connectivity index (χ1v) is 8.10. The van der Waals surface area contributed by atoms with E-state index >= 15 is 0 Å². The standard InChI is InChI=1S/C14H18Br2N4/c1-3-6-20-14(12(16)8-18-20)13(19-17)10-5-4-9(2)7-11(10)15/h4-5,7-8,13,19H,3,6,17H2,1-2H3. The van der Waals surface area contributed by atoms with Gasteiger partial charge in [-0.25, -0.2) is 5.43 Å². The predicted molar refractivity (Wildman–Crippen MR) is 88.3 cm³/mol. The van der Waals surface area contributed by atoms with Crippen LogP contribution in [0.15, 0.2) is 33.3 Å². The number of nitrogens with one attached hydrogen (secondary N) is 1. The zero-order chi connectivity index (χ0) is 14.7. The second kappa shape index (κ2) is 6.85. The number of benzene rings is 1. The molecule has 6 heteroatoms. The van der Waals surface area contributed by atoms with Gasteiger partial charge in [-0.1, -0.05) is 35.0 Å².